The van der Waals surface area contributed by atoms with Gasteiger partial charge in [-0.15, -0.1) is 0 Å². The lowest BCUT2D eigenvalue weighted by atomic mass is 10.1. The van der Waals surface area contributed by atoms with Crippen LogP contribution in [0, 0.1) is 11.3 Å². The molecule has 1 saturated heterocycles. The smallest absolute Gasteiger partial charge is 0.244 e. The molecule has 2 aliphatic rings. The molecule has 0 spiro atoms. The number of likely N-dealkylation sites (tertiary alicyclic amines) is 1. The standard InChI is InChI=1S/C25H22N4O2/c26-13-18-7-9-19(10-8-18)15-28-17-21-12-23(28)25(30)29(16-20-4-3-11-27-14-20)22-5-1-2-6-24(22)31-21/h1-11,14,21,23H,12,15-17H2/t21-,23-/m0/s1. The molecule has 5 rings (SSSR count). The summed E-state index contributed by atoms with van der Waals surface area (Å²) in [6, 6.07) is 21.0. The summed E-state index contributed by atoms with van der Waals surface area (Å²) in [7, 11) is 0. The highest BCUT2D eigenvalue weighted by molar-refractivity contribution is 5.99. The van der Waals surface area contributed by atoms with Gasteiger partial charge in [0.15, 0.2) is 0 Å². The number of hydrogen-bond donors (Lipinski definition) is 0. The van der Waals surface area contributed by atoms with E-state index >= 15 is 0 Å². The van der Waals surface area contributed by atoms with Crippen LogP contribution in [0.1, 0.15) is 23.1 Å². The lowest BCUT2D eigenvalue weighted by molar-refractivity contribution is -0.123. The molecule has 1 amide bonds. The minimum Gasteiger partial charge on any atom is -0.487 e. The van der Waals surface area contributed by atoms with Crippen molar-refractivity contribution >= 4 is 11.6 Å². The van der Waals surface area contributed by atoms with E-state index < -0.39 is 0 Å². The zero-order chi connectivity index (χ0) is 21.2. The zero-order valence-corrected chi connectivity index (χ0v) is 17.0. The maximum atomic E-state index is 13.8. The fraction of sp³-hybridized carbons (Fsp3) is 0.240. The molecule has 1 fully saturated rings. The zero-order valence-electron chi connectivity index (χ0n) is 17.0. The maximum Gasteiger partial charge on any atom is 0.244 e. The SMILES string of the molecule is N#Cc1ccc(CN2C[C@@H]3C[C@H]2C(=O)N(Cc2cccnc2)c2ccccc2O3)cc1. The highest BCUT2D eigenvalue weighted by atomic mass is 16.5. The van der Waals surface area contributed by atoms with Gasteiger partial charge in [-0.1, -0.05) is 30.3 Å². The minimum absolute atomic E-state index is 0.0333. The van der Waals surface area contributed by atoms with Gasteiger partial charge in [0.05, 0.1) is 29.9 Å². The van der Waals surface area contributed by atoms with Crippen LogP contribution in [0.2, 0.25) is 0 Å². The van der Waals surface area contributed by atoms with Crippen molar-refractivity contribution in [2.75, 3.05) is 11.4 Å². The van der Waals surface area contributed by atoms with Crippen LogP contribution in [0.4, 0.5) is 5.69 Å². The molecule has 3 aromatic rings. The van der Waals surface area contributed by atoms with Gasteiger partial charge in [-0.3, -0.25) is 14.7 Å². The lowest BCUT2D eigenvalue weighted by Crippen LogP contribution is -2.45. The molecule has 0 radical (unpaired) electrons. The number of fused-ring (bicyclic) bond motifs is 3. The Morgan fingerprint density at radius 1 is 1.03 bits per heavy atom. The van der Waals surface area contributed by atoms with Gasteiger partial charge in [0, 0.05) is 31.9 Å². The summed E-state index contributed by atoms with van der Waals surface area (Å²) in [6.45, 7) is 1.77. The molecular formula is C25H22N4O2. The van der Waals surface area contributed by atoms with Crippen molar-refractivity contribution in [3.05, 3.63) is 89.7 Å². The Balaban J connectivity index is 1.46. The topological polar surface area (TPSA) is 69.5 Å². The number of anilines is 1. The van der Waals surface area contributed by atoms with Gasteiger partial charge < -0.3 is 9.64 Å². The molecule has 154 valence electrons. The second-order valence-corrected chi connectivity index (χ2v) is 7.98. The average molecular weight is 410 g/mol. The molecule has 0 N–H and O–H groups in total. The van der Waals surface area contributed by atoms with Gasteiger partial charge in [-0.2, -0.15) is 5.26 Å². The van der Waals surface area contributed by atoms with E-state index in [9.17, 15) is 4.79 Å². The van der Waals surface area contributed by atoms with Gasteiger partial charge >= 0.3 is 0 Å². The van der Waals surface area contributed by atoms with E-state index in [-0.39, 0.29) is 18.1 Å². The molecule has 0 unspecified atom stereocenters. The van der Waals surface area contributed by atoms with Crippen LogP contribution < -0.4 is 9.64 Å². The normalized spacial score (nSPS) is 20.4. The Morgan fingerprint density at radius 3 is 2.65 bits per heavy atom. The molecule has 2 atom stereocenters. The summed E-state index contributed by atoms with van der Waals surface area (Å²) >= 11 is 0. The molecule has 6 heteroatoms. The Morgan fingerprint density at radius 2 is 1.87 bits per heavy atom. The fourth-order valence-corrected chi connectivity index (χ4v) is 4.39. The molecule has 0 saturated carbocycles. The molecule has 2 bridgehead atoms. The summed E-state index contributed by atoms with van der Waals surface area (Å²) in [5.74, 6) is 0.819. The number of hydrogen-bond acceptors (Lipinski definition) is 5. The third-order valence-corrected chi connectivity index (χ3v) is 5.90. The lowest BCUT2D eigenvalue weighted by Gasteiger charge is -2.32. The highest BCUT2D eigenvalue weighted by Crippen LogP contribution is 2.37. The number of pyridine rings is 1. The van der Waals surface area contributed by atoms with Crippen molar-refractivity contribution in [1.29, 1.82) is 5.26 Å². The molecule has 3 heterocycles. The molecule has 2 aliphatic heterocycles. The third kappa shape index (κ3) is 3.88. The Labute approximate surface area is 181 Å². The van der Waals surface area contributed by atoms with Crippen molar-refractivity contribution in [2.24, 2.45) is 0 Å². The van der Waals surface area contributed by atoms with Gasteiger partial charge in [0.1, 0.15) is 11.9 Å². The van der Waals surface area contributed by atoms with E-state index in [0.717, 1.165) is 22.6 Å². The van der Waals surface area contributed by atoms with E-state index in [2.05, 4.69) is 16.0 Å². The number of benzene rings is 2. The summed E-state index contributed by atoms with van der Waals surface area (Å²) in [6.07, 6.45) is 4.15. The first-order chi connectivity index (χ1) is 15.2. The number of aromatic nitrogens is 1. The van der Waals surface area contributed by atoms with E-state index in [4.69, 9.17) is 10.00 Å². The highest BCUT2D eigenvalue weighted by Gasteiger charge is 2.42. The van der Waals surface area contributed by atoms with Gasteiger partial charge in [-0.25, -0.2) is 0 Å². The molecule has 6 nitrogen and oxygen atoms in total. The summed E-state index contributed by atoms with van der Waals surface area (Å²) in [5, 5.41) is 9.04. The van der Waals surface area contributed by atoms with Crippen LogP contribution >= 0.6 is 0 Å². The van der Waals surface area contributed by atoms with Crippen molar-refractivity contribution in [3.8, 4) is 11.8 Å². The largest absolute Gasteiger partial charge is 0.487 e. The Hall–Kier alpha value is -3.69. The van der Waals surface area contributed by atoms with E-state index in [1.54, 1.807) is 12.4 Å². The van der Waals surface area contributed by atoms with Crippen LogP contribution in [-0.2, 0) is 17.9 Å². The van der Waals surface area contributed by atoms with E-state index in [1.807, 2.05) is 65.6 Å². The van der Waals surface area contributed by atoms with Crippen molar-refractivity contribution in [3.63, 3.8) is 0 Å². The number of ether oxygens (including phenoxy) is 1. The van der Waals surface area contributed by atoms with E-state index in [0.29, 0.717) is 31.6 Å². The van der Waals surface area contributed by atoms with Crippen molar-refractivity contribution in [1.82, 2.24) is 9.88 Å². The number of nitriles is 1. The van der Waals surface area contributed by atoms with Gasteiger partial charge in [0.2, 0.25) is 5.91 Å². The van der Waals surface area contributed by atoms with Gasteiger partial charge in [0.25, 0.3) is 0 Å². The van der Waals surface area contributed by atoms with Crippen LogP contribution in [0.5, 0.6) is 5.75 Å². The maximum absolute atomic E-state index is 13.8. The number of carbonyl (C=O) groups is 1. The quantitative estimate of drug-likeness (QED) is 0.658. The molecule has 1 aromatic heterocycles. The van der Waals surface area contributed by atoms with Crippen LogP contribution in [0.3, 0.4) is 0 Å². The molecule has 2 aromatic carbocycles. The number of rotatable bonds is 4. The second kappa shape index (κ2) is 8.21. The van der Waals surface area contributed by atoms with Crippen molar-refractivity contribution in [2.45, 2.75) is 31.7 Å². The summed E-state index contributed by atoms with van der Waals surface area (Å²) in [5.41, 5.74) is 3.48. The van der Waals surface area contributed by atoms with E-state index in [1.165, 1.54) is 0 Å². The molecule has 31 heavy (non-hydrogen) atoms. The van der Waals surface area contributed by atoms with Crippen LogP contribution in [0.25, 0.3) is 0 Å². The van der Waals surface area contributed by atoms with Crippen LogP contribution in [0.15, 0.2) is 73.1 Å². The summed E-state index contributed by atoms with van der Waals surface area (Å²) in [4.78, 5) is 22.0. The number of amides is 1. The number of nitrogens with zero attached hydrogens (tertiary/aromatic N) is 4. The predicted molar refractivity (Wildman–Crippen MR) is 116 cm³/mol. The molecular weight excluding hydrogens is 388 g/mol. The van der Waals surface area contributed by atoms with Crippen molar-refractivity contribution < 1.29 is 9.53 Å². The first-order valence-electron chi connectivity index (χ1n) is 10.4. The first kappa shape index (κ1) is 19.3. The Kier molecular flexibility index (Phi) is 5.11. The minimum atomic E-state index is -0.259. The first-order valence-corrected chi connectivity index (χ1v) is 10.4. The third-order valence-electron chi connectivity index (χ3n) is 5.90. The van der Waals surface area contributed by atoms with Gasteiger partial charge in [-0.05, 0) is 41.5 Å². The Bertz CT molecular complexity index is 1120. The monoisotopic (exact) mass is 410 g/mol. The number of para-hydroxylation sites is 2. The van der Waals surface area contributed by atoms with Crippen LogP contribution in [-0.4, -0.2) is 34.5 Å². The predicted octanol–water partition coefficient (Wildman–Crippen LogP) is 3.52. The molecule has 0 aliphatic carbocycles. The second-order valence-electron chi connectivity index (χ2n) is 7.98. The fourth-order valence-electron chi connectivity index (χ4n) is 4.39. The number of carbonyl (C=O) groups excluding carboxylic acids is 1. The summed E-state index contributed by atoms with van der Waals surface area (Å²) < 4.78 is 6.35. The average Bonchev–Trinajstić information content (AvgIpc) is 3.21.